The van der Waals surface area contributed by atoms with Crippen LogP contribution >= 0.6 is 0 Å². The van der Waals surface area contributed by atoms with Crippen LogP contribution in [0.5, 0.6) is 0 Å². The number of benzene rings is 2. The van der Waals surface area contributed by atoms with E-state index in [1.165, 1.54) is 21.9 Å². The monoisotopic (exact) mass is 575 g/mol. The van der Waals surface area contributed by atoms with Crippen molar-refractivity contribution in [2.24, 2.45) is 0 Å². The van der Waals surface area contributed by atoms with E-state index in [9.17, 15) is 0 Å². The first-order chi connectivity index (χ1) is 12.2. The van der Waals surface area contributed by atoms with Gasteiger partial charge in [-0.2, -0.15) is 6.08 Å². The van der Waals surface area contributed by atoms with Gasteiger partial charge in [0.2, 0.25) is 0 Å². The standard InChI is InChI=1S/C15H10N3.C7H9.2ClH.Hf/c1-2-6-12-10-13(9-11(12)5-1)18-15-8-4-3-7-14(15)16-17-18;1-6-4-3-5-7(6)2;;;/h1-10H;4H,3H2,1-2H3;2*1H;/q2*-1;;;+4/p-2. The zero-order valence-corrected chi connectivity index (χ0v) is 20.8. The normalized spacial score (nSPS) is 12.1. The fraction of sp³-hybridized carbons (Fsp3) is 0.136. The molecular formula is C22H19Cl2HfN3. The van der Waals surface area contributed by atoms with Crippen molar-refractivity contribution in [3.63, 3.8) is 0 Å². The number of nitrogens with zero attached hydrogens (tertiary/aromatic N) is 3. The quantitative estimate of drug-likeness (QED) is 0.224. The Morgan fingerprint density at radius 2 is 1.71 bits per heavy atom. The Labute approximate surface area is 196 Å². The van der Waals surface area contributed by atoms with E-state index in [0.717, 1.165) is 23.1 Å². The molecule has 0 saturated heterocycles. The molecule has 0 aliphatic heterocycles. The van der Waals surface area contributed by atoms with Gasteiger partial charge in [0.05, 0.1) is 5.52 Å². The second-order valence-electron chi connectivity index (χ2n) is 6.23. The Morgan fingerprint density at radius 3 is 2.36 bits per heavy atom. The Hall–Kier alpha value is -1.62. The van der Waals surface area contributed by atoms with Crippen LogP contribution in [-0.4, -0.2) is 15.0 Å². The Bertz CT molecular complexity index is 1060. The first kappa shape index (κ1) is 24.4. The molecule has 0 fully saturated rings. The van der Waals surface area contributed by atoms with Crippen LogP contribution in [-0.2, 0) is 25.8 Å². The third-order valence-corrected chi connectivity index (χ3v) is 4.57. The SMILES string of the molecule is CC1=[C-]CC=C1C.[Cl-].[Cl-].[Hf+4].c1ccc2[cH-]c(-n3nnc4ccccc43)cc2c1. The first-order valence-electron chi connectivity index (χ1n) is 8.43. The molecule has 1 aromatic heterocycles. The number of hydrogen-bond donors (Lipinski definition) is 0. The maximum absolute atomic E-state index is 4.23. The molecule has 0 amide bonds. The molecule has 0 unspecified atom stereocenters. The average Bonchev–Trinajstić information content (AvgIpc) is 3.34. The van der Waals surface area contributed by atoms with E-state index in [1.54, 1.807) is 0 Å². The van der Waals surface area contributed by atoms with Gasteiger partial charge < -0.3 is 24.8 Å². The van der Waals surface area contributed by atoms with Crippen molar-refractivity contribution >= 4 is 21.8 Å². The fourth-order valence-electron chi connectivity index (χ4n) is 2.97. The summed E-state index contributed by atoms with van der Waals surface area (Å²) in [6, 6.07) is 20.6. The molecule has 0 saturated carbocycles. The summed E-state index contributed by atoms with van der Waals surface area (Å²) in [4.78, 5) is 0. The third kappa shape index (κ3) is 5.05. The predicted molar refractivity (Wildman–Crippen MR) is 103 cm³/mol. The molecule has 1 aliphatic carbocycles. The van der Waals surface area contributed by atoms with Gasteiger partial charge in [-0.05, 0) is 17.8 Å². The summed E-state index contributed by atoms with van der Waals surface area (Å²) in [5.74, 6) is 0. The molecule has 140 valence electrons. The van der Waals surface area contributed by atoms with E-state index in [1.807, 2.05) is 41.1 Å². The minimum Gasteiger partial charge on any atom is -1.00 e. The first-order valence-corrected chi connectivity index (χ1v) is 8.43. The average molecular weight is 575 g/mol. The molecule has 3 nitrogen and oxygen atoms in total. The number of aromatic nitrogens is 3. The van der Waals surface area contributed by atoms with E-state index in [-0.39, 0.29) is 50.7 Å². The van der Waals surface area contributed by atoms with Crippen molar-refractivity contribution in [2.75, 3.05) is 0 Å². The van der Waals surface area contributed by atoms with E-state index in [4.69, 9.17) is 0 Å². The molecular weight excluding hydrogens is 556 g/mol. The summed E-state index contributed by atoms with van der Waals surface area (Å²) in [5, 5.41) is 10.9. The van der Waals surface area contributed by atoms with Gasteiger partial charge in [-0.3, -0.25) is 6.08 Å². The van der Waals surface area contributed by atoms with Gasteiger partial charge in [0.15, 0.2) is 0 Å². The van der Waals surface area contributed by atoms with E-state index in [2.05, 4.69) is 60.6 Å². The smallest absolute Gasteiger partial charge is 1.00 e. The molecule has 1 heterocycles. The van der Waals surface area contributed by atoms with Crippen LogP contribution in [0.1, 0.15) is 20.3 Å². The van der Waals surface area contributed by atoms with E-state index < -0.39 is 0 Å². The van der Waals surface area contributed by atoms with Crippen molar-refractivity contribution in [3.05, 3.63) is 84.0 Å². The zero-order chi connectivity index (χ0) is 17.2. The van der Waals surface area contributed by atoms with E-state index >= 15 is 0 Å². The minimum atomic E-state index is 0. The Morgan fingerprint density at radius 1 is 1.00 bits per heavy atom. The van der Waals surface area contributed by atoms with Crippen LogP contribution < -0.4 is 24.8 Å². The van der Waals surface area contributed by atoms with Gasteiger partial charge in [-0.1, -0.05) is 30.3 Å². The molecule has 4 aromatic rings. The maximum atomic E-state index is 4.23. The van der Waals surface area contributed by atoms with E-state index in [0.29, 0.717) is 0 Å². The summed E-state index contributed by atoms with van der Waals surface area (Å²) in [6.45, 7) is 4.22. The minimum absolute atomic E-state index is 0. The van der Waals surface area contributed by atoms with Crippen molar-refractivity contribution in [3.8, 4) is 5.69 Å². The summed E-state index contributed by atoms with van der Waals surface area (Å²) in [6.07, 6.45) is 6.41. The number of fused-ring (bicyclic) bond motifs is 2. The molecule has 0 atom stereocenters. The zero-order valence-electron chi connectivity index (χ0n) is 15.7. The summed E-state index contributed by atoms with van der Waals surface area (Å²) in [5.41, 5.74) is 5.72. The van der Waals surface area contributed by atoms with Gasteiger partial charge in [-0.15, -0.1) is 59.5 Å². The summed E-state index contributed by atoms with van der Waals surface area (Å²) in [7, 11) is 0. The van der Waals surface area contributed by atoms with Crippen LogP contribution in [0.15, 0.2) is 77.9 Å². The molecule has 1 aliphatic rings. The van der Waals surface area contributed by atoms with Crippen LogP contribution in [0.2, 0.25) is 0 Å². The molecule has 0 radical (unpaired) electrons. The van der Waals surface area contributed by atoms with Gasteiger partial charge >= 0.3 is 25.8 Å². The molecule has 5 rings (SSSR count). The van der Waals surface area contributed by atoms with Crippen molar-refractivity contribution < 1.29 is 50.7 Å². The molecule has 0 N–H and O–H groups in total. The fourth-order valence-corrected chi connectivity index (χ4v) is 2.97. The topological polar surface area (TPSA) is 30.7 Å². The number of halogens is 2. The largest absolute Gasteiger partial charge is 4.00 e. The molecule has 6 heteroatoms. The van der Waals surface area contributed by atoms with Gasteiger partial charge in [-0.25, -0.2) is 15.8 Å². The van der Waals surface area contributed by atoms with Gasteiger partial charge in [0.25, 0.3) is 0 Å². The predicted octanol–water partition coefficient (Wildman–Crippen LogP) is -0.616. The molecule has 28 heavy (non-hydrogen) atoms. The van der Waals surface area contributed by atoms with Gasteiger partial charge in [0, 0.05) is 0 Å². The second-order valence-corrected chi connectivity index (χ2v) is 6.23. The maximum Gasteiger partial charge on any atom is 4.00 e. The molecule has 0 bridgehead atoms. The number of allylic oxidation sites excluding steroid dienone is 4. The Kier molecular flexibility index (Phi) is 9.42. The van der Waals surface area contributed by atoms with Gasteiger partial charge in [0.1, 0.15) is 5.52 Å². The second kappa shape index (κ2) is 10.8. The van der Waals surface area contributed by atoms with Crippen molar-refractivity contribution in [2.45, 2.75) is 20.3 Å². The van der Waals surface area contributed by atoms with Crippen LogP contribution in [0.25, 0.3) is 27.5 Å². The number of para-hydroxylation sites is 1. The van der Waals surface area contributed by atoms with Crippen LogP contribution in [0, 0.1) is 6.08 Å². The van der Waals surface area contributed by atoms with Crippen molar-refractivity contribution in [1.29, 1.82) is 0 Å². The summed E-state index contributed by atoms with van der Waals surface area (Å²) >= 11 is 0. The molecule has 0 spiro atoms. The number of hydrogen-bond acceptors (Lipinski definition) is 2. The van der Waals surface area contributed by atoms with Crippen LogP contribution in [0.3, 0.4) is 0 Å². The summed E-state index contributed by atoms with van der Waals surface area (Å²) < 4.78 is 1.88. The number of rotatable bonds is 1. The van der Waals surface area contributed by atoms with Crippen molar-refractivity contribution in [1.82, 2.24) is 15.0 Å². The third-order valence-electron chi connectivity index (χ3n) is 4.57. The van der Waals surface area contributed by atoms with Crippen LogP contribution in [0.4, 0.5) is 0 Å². The molecule has 3 aromatic carbocycles. The Balaban J connectivity index is 0.000000341.